The van der Waals surface area contributed by atoms with Crippen molar-refractivity contribution in [1.29, 1.82) is 0 Å². The topological polar surface area (TPSA) is 38.7 Å². The number of methoxy groups -OCH3 is 1. The molecule has 0 radical (unpaired) electrons. The molecule has 1 aromatic carbocycles. The molecular formula is C15H18O3S. The van der Waals surface area contributed by atoms with Gasteiger partial charge in [0.1, 0.15) is 11.9 Å². The van der Waals surface area contributed by atoms with Crippen molar-refractivity contribution < 1.29 is 14.6 Å². The van der Waals surface area contributed by atoms with E-state index in [0.29, 0.717) is 13.2 Å². The lowest BCUT2D eigenvalue weighted by Gasteiger charge is -2.11. The molecule has 3 nitrogen and oxygen atoms in total. The number of rotatable bonds is 7. The Morgan fingerprint density at radius 2 is 1.89 bits per heavy atom. The average Bonchev–Trinajstić information content (AvgIpc) is 2.98. The van der Waals surface area contributed by atoms with Gasteiger partial charge in [-0.25, -0.2) is 0 Å². The molecule has 19 heavy (non-hydrogen) atoms. The maximum atomic E-state index is 10.2. The summed E-state index contributed by atoms with van der Waals surface area (Å²) < 4.78 is 10.5. The van der Waals surface area contributed by atoms with E-state index in [2.05, 4.69) is 0 Å². The number of hydrogen-bond acceptors (Lipinski definition) is 4. The van der Waals surface area contributed by atoms with Crippen LogP contribution >= 0.6 is 11.3 Å². The molecule has 2 rings (SSSR count). The van der Waals surface area contributed by atoms with Gasteiger partial charge in [0.05, 0.1) is 6.61 Å². The van der Waals surface area contributed by atoms with Gasteiger partial charge in [0, 0.05) is 20.1 Å². The fourth-order valence-corrected chi connectivity index (χ4v) is 2.44. The van der Waals surface area contributed by atoms with Crippen molar-refractivity contribution in [3.8, 4) is 5.75 Å². The number of benzene rings is 1. The van der Waals surface area contributed by atoms with Crippen molar-refractivity contribution in [2.45, 2.75) is 12.5 Å². The van der Waals surface area contributed by atoms with E-state index in [1.165, 1.54) is 0 Å². The molecule has 0 saturated carbocycles. The maximum Gasteiger partial charge on any atom is 0.119 e. The molecule has 0 fully saturated rings. The second kappa shape index (κ2) is 7.28. The Kier molecular flexibility index (Phi) is 5.39. The van der Waals surface area contributed by atoms with Crippen LogP contribution in [0.25, 0.3) is 0 Å². The lowest BCUT2D eigenvalue weighted by molar-refractivity contribution is 0.172. The van der Waals surface area contributed by atoms with E-state index in [4.69, 9.17) is 9.47 Å². The molecule has 1 heterocycles. The first-order valence-corrected chi connectivity index (χ1v) is 7.17. The third kappa shape index (κ3) is 4.06. The van der Waals surface area contributed by atoms with E-state index in [0.717, 1.165) is 23.3 Å². The van der Waals surface area contributed by atoms with Crippen molar-refractivity contribution in [1.82, 2.24) is 0 Å². The van der Waals surface area contributed by atoms with Crippen LogP contribution in [0.5, 0.6) is 5.75 Å². The third-order valence-corrected chi connectivity index (χ3v) is 3.52. The summed E-state index contributed by atoms with van der Waals surface area (Å²) in [5.41, 5.74) is 1.81. The van der Waals surface area contributed by atoms with Crippen LogP contribution in [-0.2, 0) is 4.74 Å². The van der Waals surface area contributed by atoms with Crippen molar-refractivity contribution in [2.75, 3.05) is 20.3 Å². The Balaban J connectivity index is 1.91. The van der Waals surface area contributed by atoms with Gasteiger partial charge < -0.3 is 14.6 Å². The van der Waals surface area contributed by atoms with Crippen LogP contribution < -0.4 is 4.74 Å². The van der Waals surface area contributed by atoms with Crippen LogP contribution in [0.4, 0.5) is 0 Å². The van der Waals surface area contributed by atoms with Crippen LogP contribution in [0, 0.1) is 0 Å². The molecule has 4 heteroatoms. The molecule has 1 N–H and O–H groups in total. The zero-order chi connectivity index (χ0) is 13.5. The van der Waals surface area contributed by atoms with E-state index in [1.54, 1.807) is 18.4 Å². The molecule has 1 atom stereocenters. The summed E-state index contributed by atoms with van der Waals surface area (Å²) in [7, 11) is 1.68. The first-order chi connectivity index (χ1) is 9.31. The van der Waals surface area contributed by atoms with Crippen LogP contribution in [0.2, 0.25) is 0 Å². The Morgan fingerprint density at radius 1 is 1.11 bits per heavy atom. The summed E-state index contributed by atoms with van der Waals surface area (Å²) in [5, 5.41) is 14.1. The molecule has 102 valence electrons. The zero-order valence-corrected chi connectivity index (χ0v) is 11.7. The number of aliphatic hydroxyl groups excluding tert-OH is 1. The molecule has 1 aromatic heterocycles. The minimum Gasteiger partial charge on any atom is -0.494 e. The van der Waals surface area contributed by atoms with Gasteiger partial charge in [-0.1, -0.05) is 12.1 Å². The monoisotopic (exact) mass is 278 g/mol. The van der Waals surface area contributed by atoms with E-state index < -0.39 is 6.10 Å². The summed E-state index contributed by atoms with van der Waals surface area (Å²) in [4.78, 5) is 0. The lowest BCUT2D eigenvalue weighted by Crippen LogP contribution is -2.02. The summed E-state index contributed by atoms with van der Waals surface area (Å²) in [6, 6.07) is 9.50. The van der Waals surface area contributed by atoms with Crippen molar-refractivity contribution in [3.05, 3.63) is 52.2 Å². The summed E-state index contributed by atoms with van der Waals surface area (Å²) in [6.07, 6.45) is 0.310. The van der Waals surface area contributed by atoms with Crippen molar-refractivity contribution in [2.24, 2.45) is 0 Å². The molecule has 0 bridgehead atoms. The zero-order valence-electron chi connectivity index (χ0n) is 10.9. The summed E-state index contributed by atoms with van der Waals surface area (Å²) in [5.74, 6) is 0.817. The molecule has 1 unspecified atom stereocenters. The number of hydrogen-bond donors (Lipinski definition) is 1. The lowest BCUT2D eigenvalue weighted by atomic mass is 10.0. The van der Waals surface area contributed by atoms with Crippen molar-refractivity contribution in [3.63, 3.8) is 0 Å². The predicted molar refractivity (Wildman–Crippen MR) is 76.8 cm³/mol. The van der Waals surface area contributed by atoms with Crippen LogP contribution in [0.1, 0.15) is 23.7 Å². The van der Waals surface area contributed by atoms with Gasteiger partial charge >= 0.3 is 0 Å². The summed E-state index contributed by atoms with van der Waals surface area (Å²) >= 11 is 1.58. The molecule has 0 aliphatic rings. The SMILES string of the molecule is COCCCOc1ccc(C(O)c2ccsc2)cc1. The van der Waals surface area contributed by atoms with E-state index >= 15 is 0 Å². The molecule has 0 aliphatic carbocycles. The number of ether oxygens (including phenoxy) is 2. The van der Waals surface area contributed by atoms with Crippen LogP contribution in [-0.4, -0.2) is 25.4 Å². The van der Waals surface area contributed by atoms with E-state index in [9.17, 15) is 5.11 Å². The third-order valence-electron chi connectivity index (χ3n) is 2.82. The Bertz CT molecular complexity index is 465. The highest BCUT2D eigenvalue weighted by Gasteiger charge is 2.10. The molecule has 0 aliphatic heterocycles. The molecular weight excluding hydrogens is 260 g/mol. The largest absolute Gasteiger partial charge is 0.494 e. The molecule has 0 amide bonds. The van der Waals surface area contributed by atoms with E-state index in [1.807, 2.05) is 41.1 Å². The second-order valence-corrected chi connectivity index (χ2v) is 5.00. The highest BCUT2D eigenvalue weighted by Crippen LogP contribution is 2.25. The molecule has 0 spiro atoms. The average molecular weight is 278 g/mol. The van der Waals surface area contributed by atoms with Gasteiger partial charge in [-0.2, -0.15) is 11.3 Å². The minimum atomic E-state index is -0.561. The normalized spacial score (nSPS) is 12.3. The minimum absolute atomic E-state index is 0.561. The van der Waals surface area contributed by atoms with Gasteiger partial charge in [0.15, 0.2) is 0 Å². The Hall–Kier alpha value is -1.36. The summed E-state index contributed by atoms with van der Waals surface area (Å²) in [6.45, 7) is 1.34. The maximum absolute atomic E-state index is 10.2. The van der Waals surface area contributed by atoms with Crippen molar-refractivity contribution >= 4 is 11.3 Å². The highest BCUT2D eigenvalue weighted by atomic mass is 32.1. The second-order valence-electron chi connectivity index (χ2n) is 4.22. The van der Waals surface area contributed by atoms with Crippen LogP contribution in [0.3, 0.4) is 0 Å². The molecule has 2 aromatic rings. The number of thiophene rings is 1. The smallest absolute Gasteiger partial charge is 0.119 e. The van der Waals surface area contributed by atoms with Gasteiger partial charge in [-0.05, 0) is 40.1 Å². The first-order valence-electron chi connectivity index (χ1n) is 6.23. The highest BCUT2D eigenvalue weighted by molar-refractivity contribution is 7.07. The quantitative estimate of drug-likeness (QED) is 0.790. The molecule has 0 saturated heterocycles. The number of aliphatic hydroxyl groups is 1. The van der Waals surface area contributed by atoms with Crippen LogP contribution in [0.15, 0.2) is 41.1 Å². The van der Waals surface area contributed by atoms with Gasteiger partial charge in [-0.15, -0.1) is 0 Å². The van der Waals surface area contributed by atoms with Gasteiger partial charge in [0.2, 0.25) is 0 Å². The van der Waals surface area contributed by atoms with E-state index in [-0.39, 0.29) is 0 Å². The standard InChI is InChI=1S/C15H18O3S/c1-17-8-2-9-18-14-5-3-12(4-6-14)15(16)13-7-10-19-11-13/h3-7,10-11,15-16H,2,8-9H2,1H3. The Labute approximate surface area is 117 Å². The van der Waals surface area contributed by atoms with Gasteiger partial charge in [0.25, 0.3) is 0 Å². The van der Waals surface area contributed by atoms with Gasteiger partial charge in [-0.3, -0.25) is 0 Å². The fourth-order valence-electron chi connectivity index (χ4n) is 1.76. The predicted octanol–water partition coefficient (Wildman–Crippen LogP) is 3.25. The fraction of sp³-hybridized carbons (Fsp3) is 0.333. The first kappa shape index (κ1) is 14.1. The Morgan fingerprint density at radius 3 is 2.53 bits per heavy atom.